The normalized spacial score (nSPS) is 20.9. The molecule has 0 saturated carbocycles. The number of hydrazone groups is 1. The van der Waals surface area contributed by atoms with Gasteiger partial charge in [-0.25, -0.2) is 16.8 Å². The Labute approximate surface area is 283 Å². The molecule has 1 aromatic rings. The summed E-state index contributed by atoms with van der Waals surface area (Å²) in [5, 5.41) is 6.31. The van der Waals surface area contributed by atoms with Gasteiger partial charge in [0.2, 0.25) is 5.69 Å². The molecule has 0 aromatic heterocycles. The van der Waals surface area contributed by atoms with Gasteiger partial charge in [-0.15, -0.1) is 0 Å². The molecule has 1 unspecified atom stereocenters. The van der Waals surface area contributed by atoms with E-state index in [4.69, 9.17) is 4.74 Å². The summed E-state index contributed by atoms with van der Waals surface area (Å²) in [6, 6.07) is 4.45. The molecule has 0 aliphatic carbocycles. The van der Waals surface area contributed by atoms with Crippen LogP contribution in [0.3, 0.4) is 0 Å². The van der Waals surface area contributed by atoms with Gasteiger partial charge in [0.15, 0.2) is 5.71 Å². The second kappa shape index (κ2) is 15.0. The van der Waals surface area contributed by atoms with Crippen molar-refractivity contribution < 1.29 is 69.6 Å². The molecular formula is C30H40N3NaO8S2. The first kappa shape index (κ1) is 38.1. The summed E-state index contributed by atoms with van der Waals surface area (Å²) in [4.78, 5) is 11.9. The van der Waals surface area contributed by atoms with Crippen LogP contribution in [-0.4, -0.2) is 78.4 Å². The van der Waals surface area contributed by atoms with Crippen molar-refractivity contribution in [3.05, 3.63) is 59.8 Å². The summed E-state index contributed by atoms with van der Waals surface area (Å²) < 4.78 is 75.6. The maximum absolute atomic E-state index is 12.1. The Balaban J connectivity index is 0.00000675. The van der Waals surface area contributed by atoms with Gasteiger partial charge in [0.05, 0.1) is 27.0 Å². The quantitative estimate of drug-likeness (QED) is 0.0990. The Hall–Kier alpha value is -2.13. The topological polar surface area (TPSA) is 159 Å². The largest absolute Gasteiger partial charge is 1.00 e. The average Bonchev–Trinajstić information content (AvgIpc) is 3.27. The van der Waals surface area contributed by atoms with Crippen molar-refractivity contribution in [2.45, 2.75) is 71.1 Å². The SMILES string of the molecule is CCOC(=O)CCC1(C)C(C)=NN(CCCS(=O)(=O)[O-])/C1=C/C=C/C=C/C1=[N+](CC)c2ccc(S(=O)(=O)[O-])cc2C1(C)C.[Na+]. The Bertz CT molecular complexity index is 1630. The average molecular weight is 658 g/mol. The molecule has 44 heavy (non-hydrogen) atoms. The predicted octanol–water partition coefficient (Wildman–Crippen LogP) is 0.964. The standard InChI is InChI=1S/C30H41N3O8S2.Na/c1-7-32-25-16-15-23(43(38,39)40)21-24(25)29(4,5)26(32)13-10-9-11-14-27-30(6,18-17-28(34)41-8-2)22(3)31-33(27)19-12-20-42(35,36)37;/h9-11,13-16,21H,7-8,12,17-20H2,1-6H3,(H-,35,36,37,38,39,40);/q;+1/p-1. The second-order valence-corrected chi connectivity index (χ2v) is 14.1. The smallest absolute Gasteiger partial charge is 0.748 e. The van der Waals surface area contributed by atoms with Crippen LogP contribution in [0.25, 0.3) is 0 Å². The van der Waals surface area contributed by atoms with E-state index in [-0.39, 0.29) is 66.4 Å². The first-order valence-corrected chi connectivity index (χ1v) is 17.2. The number of hydrogen-bond acceptors (Lipinski definition) is 10. The molecule has 14 heteroatoms. The molecule has 0 amide bonds. The van der Waals surface area contributed by atoms with Gasteiger partial charge in [0.25, 0.3) is 0 Å². The van der Waals surface area contributed by atoms with E-state index >= 15 is 0 Å². The molecule has 2 aliphatic heterocycles. The van der Waals surface area contributed by atoms with Crippen molar-refractivity contribution in [1.29, 1.82) is 0 Å². The van der Waals surface area contributed by atoms with Gasteiger partial charge in [-0.2, -0.15) is 9.68 Å². The molecule has 2 aliphatic rings. The fourth-order valence-electron chi connectivity index (χ4n) is 5.55. The van der Waals surface area contributed by atoms with E-state index in [9.17, 15) is 30.7 Å². The third-order valence-electron chi connectivity index (χ3n) is 8.01. The van der Waals surface area contributed by atoms with Gasteiger partial charge in [-0.3, -0.25) is 9.80 Å². The van der Waals surface area contributed by atoms with Crippen molar-refractivity contribution in [2.24, 2.45) is 10.5 Å². The number of carbonyl (C=O) groups is 1. The van der Waals surface area contributed by atoms with Gasteiger partial charge in [-0.05, 0) is 72.6 Å². The van der Waals surface area contributed by atoms with Crippen LogP contribution in [0.5, 0.6) is 0 Å². The maximum Gasteiger partial charge on any atom is 1.00 e. The summed E-state index contributed by atoms with van der Waals surface area (Å²) in [5.41, 5.74) is 2.89. The molecule has 2 heterocycles. The van der Waals surface area contributed by atoms with E-state index in [1.807, 2.05) is 65.0 Å². The summed E-state index contributed by atoms with van der Waals surface area (Å²) in [5.74, 6) is -0.820. The first-order chi connectivity index (χ1) is 20.0. The summed E-state index contributed by atoms with van der Waals surface area (Å²) >= 11 is 0. The Morgan fingerprint density at radius 3 is 2.36 bits per heavy atom. The van der Waals surface area contributed by atoms with Gasteiger partial charge in [-0.1, -0.05) is 18.2 Å². The van der Waals surface area contributed by atoms with Gasteiger partial charge in [0.1, 0.15) is 16.7 Å². The van der Waals surface area contributed by atoms with E-state index in [0.717, 1.165) is 28.4 Å². The van der Waals surface area contributed by atoms with Crippen LogP contribution in [0.15, 0.2) is 64.3 Å². The van der Waals surface area contributed by atoms with Crippen LogP contribution in [0.4, 0.5) is 5.69 Å². The van der Waals surface area contributed by atoms with Crippen LogP contribution in [-0.2, 0) is 35.2 Å². The molecule has 1 aromatic carbocycles. The van der Waals surface area contributed by atoms with E-state index in [2.05, 4.69) is 9.68 Å². The van der Waals surface area contributed by atoms with Gasteiger partial charge in [0, 0.05) is 53.2 Å². The molecular weight excluding hydrogens is 617 g/mol. The maximum atomic E-state index is 12.1. The molecule has 0 saturated heterocycles. The zero-order chi connectivity index (χ0) is 32.2. The Kier molecular flexibility index (Phi) is 13.0. The summed E-state index contributed by atoms with van der Waals surface area (Å²) in [7, 11) is -8.95. The zero-order valence-electron chi connectivity index (χ0n) is 26.5. The number of carbonyl (C=O) groups excluding carboxylic acids is 1. The molecule has 3 rings (SSSR count). The van der Waals surface area contributed by atoms with E-state index < -0.39 is 36.8 Å². The fourth-order valence-corrected chi connectivity index (χ4v) is 6.53. The van der Waals surface area contributed by atoms with Crippen LogP contribution in [0, 0.1) is 5.41 Å². The van der Waals surface area contributed by atoms with Crippen molar-refractivity contribution in [3.63, 3.8) is 0 Å². The van der Waals surface area contributed by atoms with Crippen LogP contribution in [0.1, 0.15) is 66.4 Å². The summed E-state index contributed by atoms with van der Waals surface area (Å²) in [6.45, 7) is 12.6. The van der Waals surface area contributed by atoms with Crippen LogP contribution < -0.4 is 29.6 Å². The van der Waals surface area contributed by atoms with Gasteiger partial charge < -0.3 is 13.8 Å². The minimum Gasteiger partial charge on any atom is -0.748 e. The third-order valence-corrected chi connectivity index (χ3v) is 9.63. The molecule has 0 spiro atoms. The predicted molar refractivity (Wildman–Crippen MR) is 162 cm³/mol. The first-order valence-electron chi connectivity index (χ1n) is 14.2. The number of fused-ring (bicyclic) bond motifs is 1. The molecule has 11 nitrogen and oxygen atoms in total. The van der Waals surface area contributed by atoms with E-state index in [1.165, 1.54) is 12.1 Å². The molecule has 0 radical (unpaired) electrons. The molecule has 236 valence electrons. The zero-order valence-corrected chi connectivity index (χ0v) is 30.1. The van der Waals surface area contributed by atoms with Crippen LogP contribution in [0.2, 0.25) is 0 Å². The number of hydrogen-bond donors (Lipinski definition) is 0. The molecule has 0 N–H and O–H groups in total. The Morgan fingerprint density at radius 1 is 1.09 bits per heavy atom. The van der Waals surface area contributed by atoms with Crippen molar-refractivity contribution in [1.82, 2.24) is 5.01 Å². The molecule has 0 fully saturated rings. The summed E-state index contributed by atoms with van der Waals surface area (Å²) in [6.07, 6.45) is 10.0. The number of esters is 1. The minimum absolute atomic E-state index is 0. The molecule has 1 atom stereocenters. The monoisotopic (exact) mass is 657 g/mol. The van der Waals surface area contributed by atoms with E-state index in [1.54, 1.807) is 18.0 Å². The molecule has 0 bridgehead atoms. The fraction of sp³-hybridized carbons (Fsp3) is 0.500. The van der Waals surface area contributed by atoms with Gasteiger partial charge >= 0.3 is 35.5 Å². The minimum atomic E-state index is -4.59. The van der Waals surface area contributed by atoms with E-state index in [0.29, 0.717) is 13.0 Å². The number of rotatable bonds is 13. The van der Waals surface area contributed by atoms with Crippen molar-refractivity contribution in [3.8, 4) is 0 Å². The third kappa shape index (κ3) is 8.77. The number of benzene rings is 1. The number of ether oxygens (including phenoxy) is 1. The Morgan fingerprint density at radius 2 is 1.77 bits per heavy atom. The van der Waals surface area contributed by atoms with Crippen molar-refractivity contribution in [2.75, 3.05) is 25.4 Å². The number of nitrogens with zero attached hydrogens (tertiary/aromatic N) is 3. The van der Waals surface area contributed by atoms with Crippen LogP contribution >= 0.6 is 0 Å². The number of allylic oxidation sites excluding steroid dienone is 6. The van der Waals surface area contributed by atoms with Crippen molar-refractivity contribution >= 4 is 43.3 Å². The second-order valence-electron chi connectivity index (χ2n) is 11.2.